The summed E-state index contributed by atoms with van der Waals surface area (Å²) in [6.45, 7) is 1.27. The smallest absolute Gasteiger partial charge is 0.316 e. The lowest BCUT2D eigenvalue weighted by molar-refractivity contribution is -0.139. The van der Waals surface area contributed by atoms with Gasteiger partial charge in [-0.05, 0) is 25.1 Å². The predicted molar refractivity (Wildman–Crippen MR) is 102 cm³/mol. The highest BCUT2D eigenvalue weighted by Gasteiger charge is 2.16. The number of aryl methyl sites for hydroxylation is 1. The number of carbonyl (C=O) groups excluding carboxylic acids is 3. The quantitative estimate of drug-likeness (QED) is 0.466. The Hall–Kier alpha value is -3.01. The largest absolute Gasteiger partial charge is 0.497 e. The minimum atomic E-state index is -0.606. The molecule has 0 aliphatic rings. The number of hydrogen-bond acceptors (Lipinski definition) is 9. The number of ether oxygens (including phenoxy) is 3. The molecule has 9 nitrogen and oxygen atoms in total. The number of ketones is 1. The van der Waals surface area contributed by atoms with Crippen molar-refractivity contribution in [2.75, 3.05) is 37.6 Å². The minimum absolute atomic E-state index is 0.0264. The second kappa shape index (κ2) is 10.4. The first-order valence-electron chi connectivity index (χ1n) is 8.14. The van der Waals surface area contributed by atoms with Gasteiger partial charge in [-0.15, -0.1) is 11.8 Å². The Morgan fingerprint density at radius 2 is 1.93 bits per heavy atom. The number of anilines is 1. The summed E-state index contributed by atoms with van der Waals surface area (Å²) in [6.07, 6.45) is 0. The van der Waals surface area contributed by atoms with Crippen molar-refractivity contribution < 1.29 is 33.1 Å². The maximum atomic E-state index is 12.3. The second-order valence-electron chi connectivity index (χ2n) is 5.51. The molecule has 0 saturated heterocycles. The fourth-order valence-corrected chi connectivity index (χ4v) is 2.74. The van der Waals surface area contributed by atoms with Gasteiger partial charge in [0.05, 0.1) is 31.3 Å². The molecule has 0 atom stereocenters. The number of methoxy groups -OCH3 is 2. The summed E-state index contributed by atoms with van der Waals surface area (Å²) in [4.78, 5) is 35.8. The Labute approximate surface area is 165 Å². The molecule has 0 fully saturated rings. The van der Waals surface area contributed by atoms with Crippen molar-refractivity contribution in [3.05, 3.63) is 35.6 Å². The molecule has 0 saturated carbocycles. The highest BCUT2D eigenvalue weighted by Crippen LogP contribution is 2.24. The maximum Gasteiger partial charge on any atom is 0.316 e. The first kappa shape index (κ1) is 21.3. The van der Waals surface area contributed by atoms with E-state index in [0.29, 0.717) is 23.1 Å². The van der Waals surface area contributed by atoms with Crippen LogP contribution in [0.15, 0.2) is 28.8 Å². The molecule has 0 spiro atoms. The monoisotopic (exact) mass is 408 g/mol. The van der Waals surface area contributed by atoms with Crippen molar-refractivity contribution in [2.24, 2.45) is 0 Å². The average molecular weight is 408 g/mol. The normalized spacial score (nSPS) is 10.2. The summed E-state index contributed by atoms with van der Waals surface area (Å²) >= 11 is 1.06. The van der Waals surface area contributed by atoms with E-state index in [1.165, 1.54) is 20.3 Å². The van der Waals surface area contributed by atoms with Gasteiger partial charge in [-0.2, -0.15) is 0 Å². The zero-order valence-corrected chi connectivity index (χ0v) is 16.5. The molecule has 2 aromatic rings. The van der Waals surface area contributed by atoms with Gasteiger partial charge < -0.3 is 24.1 Å². The van der Waals surface area contributed by atoms with E-state index in [9.17, 15) is 14.4 Å². The van der Waals surface area contributed by atoms with E-state index in [4.69, 9.17) is 18.7 Å². The van der Waals surface area contributed by atoms with E-state index in [2.05, 4.69) is 10.5 Å². The van der Waals surface area contributed by atoms with Crippen molar-refractivity contribution in [3.8, 4) is 11.5 Å². The molecule has 2 rings (SSSR count). The Bertz CT molecular complexity index is 850. The van der Waals surface area contributed by atoms with E-state index in [1.54, 1.807) is 25.1 Å². The molecule has 0 bridgehead atoms. The fourth-order valence-electron chi connectivity index (χ4n) is 2.13. The topological polar surface area (TPSA) is 117 Å². The summed E-state index contributed by atoms with van der Waals surface area (Å²) in [6, 6.07) is 6.34. The Morgan fingerprint density at radius 1 is 1.14 bits per heavy atom. The van der Waals surface area contributed by atoms with Crippen molar-refractivity contribution in [3.63, 3.8) is 0 Å². The van der Waals surface area contributed by atoms with Gasteiger partial charge in [0.25, 0.3) is 0 Å². The zero-order valence-electron chi connectivity index (χ0n) is 15.6. The van der Waals surface area contributed by atoms with Crippen LogP contribution < -0.4 is 14.8 Å². The lowest BCUT2D eigenvalue weighted by Crippen LogP contribution is -2.18. The van der Waals surface area contributed by atoms with Crippen molar-refractivity contribution >= 4 is 35.2 Å². The lowest BCUT2D eigenvalue weighted by Gasteiger charge is -2.10. The molecule has 1 aromatic heterocycles. The van der Waals surface area contributed by atoms with Gasteiger partial charge in [0.2, 0.25) is 11.7 Å². The third kappa shape index (κ3) is 6.31. The van der Waals surface area contributed by atoms with Gasteiger partial charge in [-0.3, -0.25) is 14.4 Å². The number of nitrogens with zero attached hydrogens (tertiary/aromatic N) is 1. The second-order valence-corrected chi connectivity index (χ2v) is 6.50. The SMILES string of the molecule is COc1ccc(OC)c(C(=O)COC(=O)CSCC(=O)Nc2cc(C)on2)c1. The van der Waals surface area contributed by atoms with E-state index < -0.39 is 18.4 Å². The molecule has 0 aliphatic carbocycles. The molecule has 150 valence electrons. The fraction of sp³-hybridized carbons (Fsp3) is 0.333. The standard InChI is InChI=1S/C18H20N2O7S/c1-11-6-16(20-27-11)19-17(22)9-28-10-18(23)26-8-14(21)13-7-12(24-2)4-5-15(13)25-3/h4-7H,8-10H2,1-3H3,(H,19,20,22). The van der Waals surface area contributed by atoms with Crippen LogP contribution in [0.25, 0.3) is 0 Å². The van der Waals surface area contributed by atoms with Crippen LogP contribution >= 0.6 is 11.8 Å². The number of benzene rings is 1. The van der Waals surface area contributed by atoms with E-state index in [0.717, 1.165) is 11.8 Å². The van der Waals surface area contributed by atoms with Crippen LogP contribution in [0.2, 0.25) is 0 Å². The van der Waals surface area contributed by atoms with Crippen LogP contribution in [0.4, 0.5) is 5.82 Å². The highest BCUT2D eigenvalue weighted by molar-refractivity contribution is 8.00. The van der Waals surface area contributed by atoms with Gasteiger partial charge in [-0.25, -0.2) is 0 Å². The van der Waals surface area contributed by atoms with Gasteiger partial charge in [-0.1, -0.05) is 5.16 Å². The van der Waals surface area contributed by atoms with Crippen LogP contribution in [0, 0.1) is 6.92 Å². The summed E-state index contributed by atoms with van der Waals surface area (Å²) in [5.74, 6) is 0.316. The van der Waals surface area contributed by atoms with Crippen LogP contribution in [0.5, 0.6) is 11.5 Å². The van der Waals surface area contributed by atoms with Crippen molar-refractivity contribution in [2.45, 2.75) is 6.92 Å². The zero-order chi connectivity index (χ0) is 20.5. The minimum Gasteiger partial charge on any atom is -0.497 e. The third-order valence-electron chi connectivity index (χ3n) is 3.42. The van der Waals surface area contributed by atoms with Gasteiger partial charge >= 0.3 is 5.97 Å². The molecule has 0 aliphatic heterocycles. The van der Waals surface area contributed by atoms with Gasteiger partial charge in [0, 0.05) is 6.07 Å². The Morgan fingerprint density at radius 3 is 2.57 bits per heavy atom. The number of Topliss-reactive ketones (excluding diaryl/α,β-unsaturated/α-hetero) is 1. The van der Waals surface area contributed by atoms with Gasteiger partial charge in [0.15, 0.2) is 12.4 Å². The van der Waals surface area contributed by atoms with Crippen LogP contribution in [0.3, 0.4) is 0 Å². The number of carbonyl (C=O) groups is 3. The van der Waals surface area contributed by atoms with Crippen molar-refractivity contribution in [1.82, 2.24) is 5.16 Å². The Kier molecular flexibility index (Phi) is 7.88. The average Bonchev–Trinajstić information content (AvgIpc) is 3.09. The summed E-state index contributed by atoms with van der Waals surface area (Å²) < 4.78 is 20.0. The van der Waals surface area contributed by atoms with E-state index in [-0.39, 0.29) is 23.0 Å². The van der Waals surface area contributed by atoms with E-state index >= 15 is 0 Å². The first-order valence-corrected chi connectivity index (χ1v) is 9.30. The molecule has 0 unspecified atom stereocenters. The van der Waals surface area contributed by atoms with Crippen LogP contribution in [-0.2, 0) is 14.3 Å². The molecule has 1 aromatic carbocycles. The van der Waals surface area contributed by atoms with E-state index in [1.807, 2.05) is 0 Å². The number of aromatic nitrogens is 1. The third-order valence-corrected chi connectivity index (χ3v) is 4.33. The van der Waals surface area contributed by atoms with Crippen LogP contribution in [-0.4, -0.2) is 55.1 Å². The molecular formula is C18H20N2O7S. The number of hydrogen-bond donors (Lipinski definition) is 1. The summed E-state index contributed by atoms with van der Waals surface area (Å²) in [5, 5.41) is 6.17. The first-order chi connectivity index (χ1) is 13.4. The number of thioether (sulfide) groups is 1. The lowest BCUT2D eigenvalue weighted by atomic mass is 10.1. The molecule has 1 heterocycles. The summed E-state index contributed by atoms with van der Waals surface area (Å²) in [5.41, 5.74) is 0.254. The maximum absolute atomic E-state index is 12.3. The van der Waals surface area contributed by atoms with Crippen LogP contribution in [0.1, 0.15) is 16.1 Å². The Balaban J connectivity index is 1.74. The number of esters is 1. The molecule has 1 amide bonds. The number of rotatable bonds is 10. The molecule has 10 heteroatoms. The molecular weight excluding hydrogens is 388 g/mol. The molecule has 28 heavy (non-hydrogen) atoms. The number of nitrogens with one attached hydrogen (secondary N) is 1. The van der Waals surface area contributed by atoms with Crippen molar-refractivity contribution in [1.29, 1.82) is 0 Å². The molecule has 1 N–H and O–H groups in total. The van der Waals surface area contributed by atoms with Gasteiger partial charge in [0.1, 0.15) is 17.3 Å². The molecule has 0 radical (unpaired) electrons. The number of amides is 1. The predicted octanol–water partition coefficient (Wildman–Crippen LogP) is 2.10. The highest BCUT2D eigenvalue weighted by atomic mass is 32.2. The summed E-state index contributed by atoms with van der Waals surface area (Å²) in [7, 11) is 2.92.